The lowest BCUT2D eigenvalue weighted by atomic mass is 10.3. The van der Waals surface area contributed by atoms with Crippen LogP contribution in [0.5, 0.6) is 0 Å². The van der Waals surface area contributed by atoms with Crippen LogP contribution in [0, 0.1) is 0 Å². The number of hydrogen-bond acceptors (Lipinski definition) is 5. The molecule has 0 atom stereocenters. The number of hydrogen-bond donors (Lipinski definition) is 2. The smallest absolute Gasteiger partial charge is 0.140 e. The minimum absolute atomic E-state index is 0.479. The van der Waals surface area contributed by atoms with E-state index in [2.05, 4.69) is 17.3 Å². The van der Waals surface area contributed by atoms with E-state index in [4.69, 9.17) is 15.3 Å². The van der Waals surface area contributed by atoms with Crippen molar-refractivity contribution in [3.8, 4) is 0 Å². The topological polar surface area (TPSA) is 69.4 Å². The minimum Gasteiger partial charge on any atom is -0.379 e. The van der Waals surface area contributed by atoms with Crippen molar-refractivity contribution < 1.29 is 9.47 Å². The molecular weight excluding hydrogens is 218 g/mol. The van der Waals surface area contributed by atoms with Gasteiger partial charge in [0.2, 0.25) is 0 Å². The molecule has 0 unspecified atom stereocenters. The molecule has 0 aliphatic heterocycles. The molecule has 17 heavy (non-hydrogen) atoms. The fourth-order valence-corrected chi connectivity index (χ4v) is 1.28. The van der Waals surface area contributed by atoms with Gasteiger partial charge in [-0.25, -0.2) is 10.8 Å². The van der Waals surface area contributed by atoms with Crippen LogP contribution in [0.4, 0.5) is 5.82 Å². The second-order valence-electron chi connectivity index (χ2n) is 3.68. The molecule has 1 aromatic rings. The van der Waals surface area contributed by atoms with Gasteiger partial charge < -0.3 is 14.9 Å². The predicted octanol–water partition coefficient (Wildman–Crippen LogP) is 1.70. The van der Waals surface area contributed by atoms with E-state index in [0.29, 0.717) is 25.6 Å². The van der Waals surface area contributed by atoms with E-state index in [1.807, 2.05) is 12.1 Å². The fraction of sp³-hybridized carbons (Fsp3) is 0.583. The Hall–Kier alpha value is -1.17. The standard InChI is InChI=1S/C12H21N3O2/c1-2-3-7-16-8-9-17-10-11-5-4-6-12(14-11)15-13/h4-6H,2-3,7-10,13H2,1H3,(H,14,15). The Morgan fingerprint density at radius 1 is 1.24 bits per heavy atom. The number of ether oxygens (including phenoxy) is 2. The third-order valence-electron chi connectivity index (χ3n) is 2.22. The summed E-state index contributed by atoms with van der Waals surface area (Å²) in [7, 11) is 0. The normalized spacial score (nSPS) is 10.5. The van der Waals surface area contributed by atoms with Crippen LogP contribution >= 0.6 is 0 Å². The number of nitrogens with two attached hydrogens (primary N) is 1. The summed E-state index contributed by atoms with van der Waals surface area (Å²) in [6, 6.07) is 5.59. The predicted molar refractivity (Wildman–Crippen MR) is 67.4 cm³/mol. The molecule has 0 radical (unpaired) electrons. The summed E-state index contributed by atoms with van der Waals surface area (Å²) in [4.78, 5) is 4.24. The Morgan fingerprint density at radius 3 is 2.82 bits per heavy atom. The van der Waals surface area contributed by atoms with Crippen LogP contribution in [0.2, 0.25) is 0 Å². The van der Waals surface area contributed by atoms with Crippen molar-refractivity contribution in [3.63, 3.8) is 0 Å². The zero-order chi connectivity index (χ0) is 12.3. The lowest BCUT2D eigenvalue weighted by molar-refractivity contribution is 0.0386. The highest BCUT2D eigenvalue weighted by atomic mass is 16.5. The zero-order valence-corrected chi connectivity index (χ0v) is 10.3. The number of nitrogens with zero attached hydrogens (tertiary/aromatic N) is 1. The third kappa shape index (κ3) is 6.21. The minimum atomic E-state index is 0.479. The van der Waals surface area contributed by atoms with Gasteiger partial charge in [0, 0.05) is 6.61 Å². The summed E-state index contributed by atoms with van der Waals surface area (Å²) >= 11 is 0. The summed E-state index contributed by atoms with van der Waals surface area (Å²) < 4.78 is 10.8. The van der Waals surface area contributed by atoms with Crippen LogP contribution in [0.25, 0.3) is 0 Å². The first-order valence-electron chi connectivity index (χ1n) is 5.95. The van der Waals surface area contributed by atoms with Gasteiger partial charge in [-0.15, -0.1) is 0 Å². The van der Waals surface area contributed by atoms with Crippen molar-refractivity contribution in [1.82, 2.24) is 4.98 Å². The molecule has 5 heteroatoms. The van der Waals surface area contributed by atoms with E-state index in [9.17, 15) is 0 Å². The van der Waals surface area contributed by atoms with Crippen LogP contribution in [-0.4, -0.2) is 24.8 Å². The monoisotopic (exact) mass is 239 g/mol. The molecule has 5 nitrogen and oxygen atoms in total. The van der Waals surface area contributed by atoms with Crippen molar-refractivity contribution in [2.24, 2.45) is 5.84 Å². The average molecular weight is 239 g/mol. The van der Waals surface area contributed by atoms with Gasteiger partial charge in [0.15, 0.2) is 0 Å². The second kappa shape index (κ2) is 8.92. The molecule has 0 amide bonds. The summed E-state index contributed by atoms with van der Waals surface area (Å²) in [6.45, 7) is 4.65. The summed E-state index contributed by atoms with van der Waals surface area (Å²) in [5.41, 5.74) is 3.36. The Kier molecular flexibility index (Phi) is 7.29. The Labute approximate surface area is 102 Å². The van der Waals surface area contributed by atoms with E-state index in [0.717, 1.165) is 25.1 Å². The molecular formula is C12H21N3O2. The number of aromatic nitrogens is 1. The van der Waals surface area contributed by atoms with Gasteiger partial charge in [-0.2, -0.15) is 0 Å². The molecule has 1 heterocycles. The first-order valence-corrected chi connectivity index (χ1v) is 5.95. The van der Waals surface area contributed by atoms with Crippen molar-refractivity contribution in [2.45, 2.75) is 26.4 Å². The molecule has 96 valence electrons. The maximum absolute atomic E-state index is 5.44. The van der Waals surface area contributed by atoms with Gasteiger partial charge in [-0.1, -0.05) is 19.4 Å². The van der Waals surface area contributed by atoms with Crippen molar-refractivity contribution in [1.29, 1.82) is 0 Å². The van der Waals surface area contributed by atoms with Crippen molar-refractivity contribution >= 4 is 5.82 Å². The Morgan fingerprint density at radius 2 is 2.06 bits per heavy atom. The largest absolute Gasteiger partial charge is 0.379 e. The second-order valence-corrected chi connectivity index (χ2v) is 3.68. The van der Waals surface area contributed by atoms with Crippen molar-refractivity contribution in [3.05, 3.63) is 23.9 Å². The summed E-state index contributed by atoms with van der Waals surface area (Å²) in [5, 5.41) is 0. The van der Waals surface area contributed by atoms with Crippen molar-refractivity contribution in [2.75, 3.05) is 25.2 Å². The van der Waals surface area contributed by atoms with Gasteiger partial charge in [0.05, 0.1) is 25.5 Å². The number of rotatable bonds is 9. The average Bonchev–Trinajstić information content (AvgIpc) is 2.38. The zero-order valence-electron chi connectivity index (χ0n) is 10.3. The third-order valence-corrected chi connectivity index (χ3v) is 2.22. The number of nitrogens with one attached hydrogen (secondary N) is 1. The number of hydrazine groups is 1. The van der Waals surface area contributed by atoms with E-state index in [-0.39, 0.29) is 0 Å². The number of anilines is 1. The molecule has 0 aliphatic carbocycles. The van der Waals surface area contributed by atoms with Gasteiger partial charge in [0.1, 0.15) is 5.82 Å². The Balaban J connectivity index is 2.09. The number of unbranched alkanes of at least 4 members (excludes halogenated alkanes) is 1. The van der Waals surface area contributed by atoms with Gasteiger partial charge in [-0.3, -0.25) is 0 Å². The molecule has 3 N–H and O–H groups in total. The molecule has 0 aromatic carbocycles. The van der Waals surface area contributed by atoms with Crippen LogP contribution in [-0.2, 0) is 16.1 Å². The lowest BCUT2D eigenvalue weighted by Crippen LogP contribution is -2.10. The molecule has 1 rings (SSSR count). The highest BCUT2D eigenvalue weighted by Gasteiger charge is 1.96. The molecule has 0 aliphatic rings. The van der Waals surface area contributed by atoms with E-state index < -0.39 is 0 Å². The Bertz CT molecular complexity index is 308. The lowest BCUT2D eigenvalue weighted by Gasteiger charge is -2.06. The van der Waals surface area contributed by atoms with E-state index >= 15 is 0 Å². The molecule has 0 saturated heterocycles. The fourth-order valence-electron chi connectivity index (χ4n) is 1.28. The van der Waals surface area contributed by atoms with E-state index in [1.54, 1.807) is 6.07 Å². The van der Waals surface area contributed by atoms with Crippen LogP contribution in [0.3, 0.4) is 0 Å². The summed E-state index contributed by atoms with van der Waals surface area (Å²) in [6.07, 6.45) is 2.26. The highest BCUT2D eigenvalue weighted by molar-refractivity contribution is 5.33. The maximum atomic E-state index is 5.44. The SMILES string of the molecule is CCCCOCCOCc1cccc(NN)n1. The first-order chi connectivity index (χ1) is 8.36. The summed E-state index contributed by atoms with van der Waals surface area (Å²) in [5.74, 6) is 5.91. The molecule has 0 spiro atoms. The number of pyridine rings is 1. The van der Waals surface area contributed by atoms with E-state index in [1.165, 1.54) is 0 Å². The van der Waals surface area contributed by atoms with Crippen LogP contribution < -0.4 is 11.3 Å². The first kappa shape index (κ1) is 13.9. The van der Waals surface area contributed by atoms with Gasteiger partial charge in [-0.05, 0) is 18.6 Å². The van der Waals surface area contributed by atoms with Gasteiger partial charge >= 0.3 is 0 Å². The quantitative estimate of drug-likeness (QED) is 0.390. The molecule has 0 bridgehead atoms. The molecule has 0 saturated carbocycles. The molecule has 1 aromatic heterocycles. The number of nitrogen functional groups attached to an aromatic ring is 1. The van der Waals surface area contributed by atoms with Crippen LogP contribution in [0.15, 0.2) is 18.2 Å². The maximum Gasteiger partial charge on any atom is 0.140 e. The van der Waals surface area contributed by atoms with Crippen LogP contribution in [0.1, 0.15) is 25.5 Å². The highest BCUT2D eigenvalue weighted by Crippen LogP contribution is 2.04. The van der Waals surface area contributed by atoms with Gasteiger partial charge in [0.25, 0.3) is 0 Å². The molecule has 0 fully saturated rings.